The fourth-order valence-corrected chi connectivity index (χ4v) is 4.04. The van der Waals surface area contributed by atoms with Crippen LogP contribution in [-0.2, 0) is 0 Å². The second kappa shape index (κ2) is 5.81. The normalized spacial score (nSPS) is 12.6. The smallest absolute Gasteiger partial charge is 0.130 e. The first-order valence-corrected chi connectivity index (χ1v) is 8.29. The Morgan fingerprint density at radius 3 is 2.55 bits per heavy atom. The van der Waals surface area contributed by atoms with Crippen LogP contribution in [0.15, 0.2) is 56.9 Å². The molecule has 2 heterocycles. The Kier molecular flexibility index (Phi) is 4.07. The van der Waals surface area contributed by atoms with E-state index < -0.39 is 6.10 Å². The minimum atomic E-state index is -0.703. The summed E-state index contributed by atoms with van der Waals surface area (Å²) in [5.41, 5.74) is 1.68. The second-order valence-electron chi connectivity index (χ2n) is 4.18. The third-order valence-electron chi connectivity index (χ3n) is 2.89. The Balaban J connectivity index is 2.01. The molecule has 0 amide bonds. The highest BCUT2D eigenvalue weighted by Crippen LogP contribution is 2.37. The topological polar surface area (TPSA) is 38.1 Å². The Morgan fingerprint density at radius 1 is 1.15 bits per heavy atom. The van der Waals surface area contributed by atoms with E-state index in [1.165, 1.54) is 11.3 Å². The number of halogens is 2. The van der Waals surface area contributed by atoms with E-state index in [1.807, 2.05) is 42.5 Å². The van der Waals surface area contributed by atoms with Gasteiger partial charge in [-0.15, -0.1) is 11.3 Å². The van der Waals surface area contributed by atoms with Gasteiger partial charge in [-0.05, 0) is 56.1 Å². The van der Waals surface area contributed by atoms with Crippen molar-refractivity contribution in [2.75, 3.05) is 0 Å². The zero-order valence-corrected chi connectivity index (χ0v) is 14.2. The summed E-state index contributed by atoms with van der Waals surface area (Å²) in [6.45, 7) is 0. The summed E-state index contributed by atoms with van der Waals surface area (Å²) >= 11 is 8.39. The summed E-state index contributed by atoms with van der Waals surface area (Å²) in [7, 11) is 0. The molecule has 3 aromatic rings. The number of thiophene rings is 1. The molecule has 102 valence electrons. The number of para-hydroxylation sites is 1. The summed E-state index contributed by atoms with van der Waals surface area (Å²) in [5, 5.41) is 14.9. The fraction of sp³-hybridized carbons (Fsp3) is 0.0714. The maximum Gasteiger partial charge on any atom is 0.130 e. The first-order valence-electron chi connectivity index (χ1n) is 5.89. The van der Waals surface area contributed by atoms with E-state index in [1.54, 1.807) is 10.9 Å². The highest BCUT2D eigenvalue weighted by molar-refractivity contribution is 9.13. The van der Waals surface area contributed by atoms with Crippen molar-refractivity contribution in [3.8, 4) is 5.69 Å². The molecule has 0 aliphatic rings. The number of nitrogens with zero attached hydrogens (tertiary/aromatic N) is 2. The zero-order chi connectivity index (χ0) is 14.1. The van der Waals surface area contributed by atoms with Crippen LogP contribution in [0, 0.1) is 0 Å². The molecule has 2 aromatic heterocycles. The van der Waals surface area contributed by atoms with Gasteiger partial charge in [-0.1, -0.05) is 18.2 Å². The van der Waals surface area contributed by atoms with E-state index in [-0.39, 0.29) is 0 Å². The standard InChI is InChI=1S/C14H10Br2N2OS/c15-10-8-12(20-14(10)16)13(19)11-6-7-17-18(11)9-4-2-1-3-5-9/h1-8,13,19H. The molecule has 0 radical (unpaired) electrons. The number of rotatable bonds is 3. The van der Waals surface area contributed by atoms with Gasteiger partial charge < -0.3 is 5.11 Å². The highest BCUT2D eigenvalue weighted by atomic mass is 79.9. The molecule has 0 saturated heterocycles. The molecule has 6 heteroatoms. The van der Waals surface area contributed by atoms with Gasteiger partial charge in [0.1, 0.15) is 6.10 Å². The maximum atomic E-state index is 10.6. The van der Waals surface area contributed by atoms with Crippen molar-refractivity contribution < 1.29 is 5.11 Å². The van der Waals surface area contributed by atoms with Crippen LogP contribution in [0.25, 0.3) is 5.69 Å². The molecular formula is C14H10Br2N2OS. The number of aliphatic hydroxyl groups is 1. The molecule has 1 aromatic carbocycles. The van der Waals surface area contributed by atoms with E-state index in [9.17, 15) is 5.11 Å². The second-order valence-corrected chi connectivity index (χ2v) is 7.43. The molecule has 20 heavy (non-hydrogen) atoms. The van der Waals surface area contributed by atoms with E-state index in [0.29, 0.717) is 0 Å². The minimum Gasteiger partial charge on any atom is -0.381 e. The molecule has 0 aliphatic carbocycles. The van der Waals surface area contributed by atoms with Gasteiger partial charge in [-0.2, -0.15) is 5.10 Å². The molecule has 0 spiro atoms. The quantitative estimate of drug-likeness (QED) is 0.684. The summed E-state index contributed by atoms with van der Waals surface area (Å²) < 4.78 is 3.67. The highest BCUT2D eigenvalue weighted by Gasteiger charge is 2.19. The third-order valence-corrected chi connectivity index (χ3v) is 6.20. The Morgan fingerprint density at radius 2 is 1.90 bits per heavy atom. The van der Waals surface area contributed by atoms with Crippen LogP contribution in [0.4, 0.5) is 0 Å². The Hall–Kier alpha value is -0.950. The summed E-state index contributed by atoms with van der Waals surface area (Å²) in [6, 6.07) is 13.5. The first-order chi connectivity index (χ1) is 9.66. The van der Waals surface area contributed by atoms with Crippen molar-refractivity contribution in [3.05, 3.63) is 67.5 Å². The van der Waals surface area contributed by atoms with Crippen LogP contribution < -0.4 is 0 Å². The molecular weight excluding hydrogens is 404 g/mol. The van der Waals surface area contributed by atoms with Crippen LogP contribution in [0.5, 0.6) is 0 Å². The fourth-order valence-electron chi connectivity index (χ4n) is 1.95. The number of aromatic nitrogens is 2. The van der Waals surface area contributed by atoms with Crippen LogP contribution in [-0.4, -0.2) is 14.9 Å². The first kappa shape index (κ1) is 14.0. The lowest BCUT2D eigenvalue weighted by Gasteiger charge is -2.12. The van der Waals surface area contributed by atoms with Gasteiger partial charge in [0.25, 0.3) is 0 Å². The van der Waals surface area contributed by atoms with Crippen LogP contribution in [0.1, 0.15) is 16.7 Å². The summed E-state index contributed by atoms with van der Waals surface area (Å²) in [5.74, 6) is 0. The molecule has 0 fully saturated rings. The molecule has 0 aliphatic heterocycles. The lowest BCUT2D eigenvalue weighted by Crippen LogP contribution is -2.07. The van der Waals surface area contributed by atoms with Crippen molar-refractivity contribution in [2.45, 2.75) is 6.10 Å². The number of hydrogen-bond acceptors (Lipinski definition) is 3. The van der Waals surface area contributed by atoms with E-state index in [0.717, 1.165) is 24.5 Å². The average Bonchev–Trinajstić information content (AvgIpc) is 3.07. The number of benzene rings is 1. The predicted octanol–water partition coefficient (Wildman–Crippen LogP) is 4.54. The lowest BCUT2D eigenvalue weighted by molar-refractivity contribution is 0.215. The number of hydrogen-bond donors (Lipinski definition) is 1. The van der Waals surface area contributed by atoms with Crippen LogP contribution in [0.3, 0.4) is 0 Å². The molecule has 0 saturated carbocycles. The van der Waals surface area contributed by atoms with Crippen molar-refractivity contribution >= 4 is 43.2 Å². The van der Waals surface area contributed by atoms with Crippen molar-refractivity contribution in [3.63, 3.8) is 0 Å². The van der Waals surface area contributed by atoms with Gasteiger partial charge in [0.2, 0.25) is 0 Å². The van der Waals surface area contributed by atoms with Gasteiger partial charge in [0.05, 0.1) is 15.2 Å². The van der Waals surface area contributed by atoms with E-state index in [2.05, 4.69) is 37.0 Å². The van der Waals surface area contributed by atoms with E-state index in [4.69, 9.17) is 0 Å². The van der Waals surface area contributed by atoms with Gasteiger partial charge >= 0.3 is 0 Å². The van der Waals surface area contributed by atoms with Gasteiger partial charge in [-0.3, -0.25) is 0 Å². The van der Waals surface area contributed by atoms with Crippen LogP contribution >= 0.6 is 43.2 Å². The van der Waals surface area contributed by atoms with Crippen molar-refractivity contribution in [1.82, 2.24) is 9.78 Å². The maximum absolute atomic E-state index is 10.6. The summed E-state index contributed by atoms with van der Waals surface area (Å²) in [6.07, 6.45) is 0.994. The monoisotopic (exact) mass is 412 g/mol. The van der Waals surface area contributed by atoms with E-state index >= 15 is 0 Å². The predicted molar refractivity (Wildman–Crippen MR) is 87.3 cm³/mol. The van der Waals surface area contributed by atoms with Gasteiger partial charge in [0.15, 0.2) is 0 Å². The Bertz CT molecular complexity index is 704. The summed E-state index contributed by atoms with van der Waals surface area (Å²) in [4.78, 5) is 0.862. The van der Waals surface area contributed by atoms with Crippen molar-refractivity contribution in [2.24, 2.45) is 0 Å². The molecule has 1 unspecified atom stereocenters. The van der Waals surface area contributed by atoms with Crippen molar-refractivity contribution in [1.29, 1.82) is 0 Å². The molecule has 3 nitrogen and oxygen atoms in total. The van der Waals surface area contributed by atoms with Crippen LogP contribution in [0.2, 0.25) is 0 Å². The number of aliphatic hydroxyl groups excluding tert-OH is 1. The molecule has 3 rings (SSSR count). The van der Waals surface area contributed by atoms with Gasteiger partial charge in [0, 0.05) is 15.5 Å². The Labute approximate surface area is 137 Å². The third kappa shape index (κ3) is 2.61. The SMILES string of the molecule is OC(c1cc(Br)c(Br)s1)c1ccnn1-c1ccccc1. The molecule has 0 bridgehead atoms. The minimum absolute atomic E-state index is 0.703. The molecule has 1 atom stereocenters. The van der Waals surface area contributed by atoms with Gasteiger partial charge in [-0.25, -0.2) is 4.68 Å². The average molecular weight is 414 g/mol. The molecule has 1 N–H and O–H groups in total. The lowest BCUT2D eigenvalue weighted by atomic mass is 10.2. The zero-order valence-electron chi connectivity index (χ0n) is 10.2. The largest absolute Gasteiger partial charge is 0.381 e.